The summed E-state index contributed by atoms with van der Waals surface area (Å²) in [6, 6.07) is 5.66. The first-order chi connectivity index (χ1) is 9.70. The molecule has 1 N–H and O–H groups in total. The largest absolute Gasteiger partial charge is 0.395 e. The molecule has 0 unspecified atom stereocenters. The third-order valence-corrected chi connectivity index (χ3v) is 3.05. The van der Waals surface area contributed by atoms with Crippen LogP contribution in [0.3, 0.4) is 0 Å². The Morgan fingerprint density at radius 2 is 1.80 bits per heavy atom. The van der Waals surface area contributed by atoms with Gasteiger partial charge in [0.25, 0.3) is 0 Å². The van der Waals surface area contributed by atoms with Crippen LogP contribution in [0.2, 0.25) is 0 Å². The van der Waals surface area contributed by atoms with E-state index in [0.29, 0.717) is 16.9 Å². The molecule has 3 rings (SSSR count). The molecular formula is C14H11F2N3O. The Labute approximate surface area is 113 Å². The molecule has 0 atom stereocenters. The Hall–Kier alpha value is -2.34. The molecule has 0 saturated carbocycles. The summed E-state index contributed by atoms with van der Waals surface area (Å²) in [6.07, 6.45) is 3.22. The van der Waals surface area contributed by atoms with Crippen molar-refractivity contribution in [2.24, 2.45) is 0 Å². The van der Waals surface area contributed by atoms with Gasteiger partial charge in [0.1, 0.15) is 5.82 Å². The Balaban J connectivity index is 2.28. The van der Waals surface area contributed by atoms with Gasteiger partial charge in [-0.2, -0.15) is 0 Å². The van der Waals surface area contributed by atoms with Crippen LogP contribution in [-0.4, -0.2) is 26.2 Å². The van der Waals surface area contributed by atoms with Crippen molar-refractivity contribution < 1.29 is 13.9 Å². The summed E-state index contributed by atoms with van der Waals surface area (Å²) in [6.45, 7) is 0.127. The highest BCUT2D eigenvalue weighted by Crippen LogP contribution is 2.26. The van der Waals surface area contributed by atoms with Crippen LogP contribution in [0.25, 0.3) is 22.4 Å². The molecule has 0 radical (unpaired) electrons. The zero-order chi connectivity index (χ0) is 14.1. The van der Waals surface area contributed by atoms with Crippen LogP contribution < -0.4 is 0 Å². The molecule has 0 spiro atoms. The summed E-state index contributed by atoms with van der Waals surface area (Å²) >= 11 is 0. The average molecular weight is 275 g/mol. The highest BCUT2D eigenvalue weighted by molar-refractivity contribution is 5.80. The highest BCUT2D eigenvalue weighted by atomic mass is 19.2. The molecule has 0 aliphatic heterocycles. The van der Waals surface area contributed by atoms with Crippen molar-refractivity contribution in [3.8, 4) is 11.4 Å². The van der Waals surface area contributed by atoms with E-state index in [-0.39, 0.29) is 13.2 Å². The van der Waals surface area contributed by atoms with E-state index < -0.39 is 11.6 Å². The van der Waals surface area contributed by atoms with Gasteiger partial charge in [-0.3, -0.25) is 4.98 Å². The van der Waals surface area contributed by atoms with Gasteiger partial charge in [0.05, 0.1) is 17.6 Å². The lowest BCUT2D eigenvalue weighted by molar-refractivity contribution is 0.278. The van der Waals surface area contributed by atoms with Crippen LogP contribution in [0.4, 0.5) is 8.78 Å². The van der Waals surface area contributed by atoms with Crippen molar-refractivity contribution in [2.45, 2.75) is 6.54 Å². The molecule has 0 saturated heterocycles. The van der Waals surface area contributed by atoms with E-state index in [1.807, 2.05) is 0 Å². The Bertz CT molecular complexity index is 756. The number of hydrogen-bond donors (Lipinski definition) is 1. The lowest BCUT2D eigenvalue weighted by atomic mass is 10.2. The van der Waals surface area contributed by atoms with Gasteiger partial charge < -0.3 is 9.67 Å². The van der Waals surface area contributed by atoms with E-state index in [1.165, 1.54) is 0 Å². The fourth-order valence-corrected chi connectivity index (χ4v) is 2.17. The van der Waals surface area contributed by atoms with Gasteiger partial charge in [0.2, 0.25) is 0 Å². The van der Waals surface area contributed by atoms with Crippen LogP contribution in [0.15, 0.2) is 36.7 Å². The molecule has 3 aromatic rings. The third kappa shape index (κ3) is 2.04. The van der Waals surface area contributed by atoms with E-state index in [0.717, 1.165) is 17.7 Å². The van der Waals surface area contributed by atoms with Gasteiger partial charge in [-0.05, 0) is 12.1 Å². The fraction of sp³-hybridized carbons (Fsp3) is 0.143. The number of imidazole rings is 1. The quantitative estimate of drug-likeness (QED) is 0.798. The topological polar surface area (TPSA) is 50.9 Å². The number of rotatable bonds is 3. The minimum Gasteiger partial charge on any atom is -0.395 e. The third-order valence-electron chi connectivity index (χ3n) is 3.05. The summed E-state index contributed by atoms with van der Waals surface area (Å²) in [7, 11) is 0. The van der Waals surface area contributed by atoms with E-state index in [2.05, 4.69) is 9.97 Å². The van der Waals surface area contributed by atoms with Crippen molar-refractivity contribution in [1.29, 1.82) is 0 Å². The van der Waals surface area contributed by atoms with Crippen molar-refractivity contribution in [3.63, 3.8) is 0 Å². The van der Waals surface area contributed by atoms with Gasteiger partial charge in [-0.25, -0.2) is 13.8 Å². The standard InChI is InChI=1S/C14H11F2N3O/c15-10-7-12-13(8-11(10)16)19(5-6-20)14(18-12)9-1-3-17-4-2-9/h1-4,7-8,20H,5-6H2. The lowest BCUT2D eigenvalue weighted by Gasteiger charge is -2.07. The fourth-order valence-electron chi connectivity index (χ4n) is 2.17. The molecule has 20 heavy (non-hydrogen) atoms. The number of benzene rings is 1. The van der Waals surface area contributed by atoms with Crippen molar-refractivity contribution in [1.82, 2.24) is 14.5 Å². The van der Waals surface area contributed by atoms with Gasteiger partial charge in [-0.1, -0.05) is 0 Å². The molecule has 4 nitrogen and oxygen atoms in total. The number of aliphatic hydroxyl groups excluding tert-OH is 1. The van der Waals surface area contributed by atoms with Crippen LogP contribution >= 0.6 is 0 Å². The minimum absolute atomic E-state index is 0.122. The predicted octanol–water partition coefficient (Wildman–Crippen LogP) is 2.37. The zero-order valence-corrected chi connectivity index (χ0v) is 10.4. The number of aromatic nitrogens is 3. The summed E-state index contributed by atoms with van der Waals surface area (Å²) in [4.78, 5) is 8.24. The van der Waals surface area contributed by atoms with E-state index >= 15 is 0 Å². The highest BCUT2D eigenvalue weighted by Gasteiger charge is 2.15. The van der Waals surface area contributed by atoms with Crippen molar-refractivity contribution >= 4 is 11.0 Å². The molecule has 6 heteroatoms. The van der Waals surface area contributed by atoms with Crippen LogP contribution in [0.1, 0.15) is 0 Å². The Kier molecular flexibility index (Phi) is 3.15. The molecule has 2 aromatic heterocycles. The number of pyridine rings is 1. The normalized spacial score (nSPS) is 11.2. The number of aliphatic hydroxyl groups is 1. The summed E-state index contributed by atoms with van der Waals surface area (Å²) in [5.74, 6) is -1.33. The van der Waals surface area contributed by atoms with E-state index in [1.54, 1.807) is 29.1 Å². The second kappa shape index (κ2) is 4.97. The smallest absolute Gasteiger partial charge is 0.161 e. The molecule has 0 bridgehead atoms. The van der Waals surface area contributed by atoms with Crippen molar-refractivity contribution in [3.05, 3.63) is 48.3 Å². The maximum atomic E-state index is 13.4. The van der Waals surface area contributed by atoms with Gasteiger partial charge in [0, 0.05) is 36.6 Å². The Morgan fingerprint density at radius 1 is 1.10 bits per heavy atom. The first kappa shape index (κ1) is 12.7. The number of nitrogens with zero attached hydrogens (tertiary/aromatic N) is 3. The number of hydrogen-bond acceptors (Lipinski definition) is 3. The summed E-state index contributed by atoms with van der Waals surface area (Å²) in [5.41, 5.74) is 1.57. The van der Waals surface area contributed by atoms with Crippen molar-refractivity contribution in [2.75, 3.05) is 6.61 Å². The maximum Gasteiger partial charge on any atom is 0.161 e. The molecule has 0 aliphatic carbocycles. The van der Waals surface area contributed by atoms with E-state index in [4.69, 9.17) is 5.11 Å². The van der Waals surface area contributed by atoms with Crippen LogP contribution in [0.5, 0.6) is 0 Å². The molecular weight excluding hydrogens is 264 g/mol. The Morgan fingerprint density at radius 3 is 2.50 bits per heavy atom. The van der Waals surface area contributed by atoms with Crippen LogP contribution in [-0.2, 0) is 6.54 Å². The molecule has 1 aromatic carbocycles. The predicted molar refractivity (Wildman–Crippen MR) is 70.0 cm³/mol. The first-order valence-corrected chi connectivity index (χ1v) is 6.07. The molecule has 2 heterocycles. The molecule has 0 aliphatic rings. The number of fused-ring (bicyclic) bond motifs is 1. The molecule has 0 fully saturated rings. The summed E-state index contributed by atoms with van der Waals surface area (Å²) < 4.78 is 28.3. The van der Waals surface area contributed by atoms with Gasteiger partial charge >= 0.3 is 0 Å². The molecule has 102 valence electrons. The second-order valence-corrected chi connectivity index (χ2v) is 4.30. The van der Waals surface area contributed by atoms with Crippen LogP contribution in [0, 0.1) is 11.6 Å². The number of halogens is 2. The van der Waals surface area contributed by atoms with Gasteiger partial charge in [-0.15, -0.1) is 0 Å². The second-order valence-electron chi connectivity index (χ2n) is 4.30. The lowest BCUT2D eigenvalue weighted by Crippen LogP contribution is -2.04. The zero-order valence-electron chi connectivity index (χ0n) is 10.4. The maximum absolute atomic E-state index is 13.4. The van der Waals surface area contributed by atoms with E-state index in [9.17, 15) is 8.78 Å². The summed E-state index contributed by atoms with van der Waals surface area (Å²) in [5, 5.41) is 9.16. The van der Waals surface area contributed by atoms with Gasteiger partial charge in [0.15, 0.2) is 11.6 Å². The molecule has 0 amide bonds. The SMILES string of the molecule is OCCn1c(-c2ccncc2)nc2cc(F)c(F)cc21. The minimum atomic E-state index is -0.938. The monoisotopic (exact) mass is 275 g/mol. The average Bonchev–Trinajstić information content (AvgIpc) is 2.79. The first-order valence-electron chi connectivity index (χ1n) is 6.07.